The first-order valence-electron chi connectivity index (χ1n) is 5.77. The van der Waals surface area contributed by atoms with E-state index in [2.05, 4.69) is 9.72 Å². The third-order valence-corrected chi connectivity index (χ3v) is 2.65. The standard InChI is InChI=1S/C14H13F2NO2/c15-14(16)19-13-6-2-1-5-11(13)12(18)8-10-4-3-7-17-9-10/h1-7,9,12,14,18H,8H2. The van der Waals surface area contributed by atoms with Crippen LogP contribution >= 0.6 is 0 Å². The molecule has 1 heterocycles. The van der Waals surface area contributed by atoms with Crippen molar-refractivity contribution in [3.63, 3.8) is 0 Å². The molecule has 1 atom stereocenters. The minimum Gasteiger partial charge on any atom is -0.434 e. The largest absolute Gasteiger partial charge is 0.434 e. The van der Waals surface area contributed by atoms with Crippen LogP contribution in [0.4, 0.5) is 8.78 Å². The van der Waals surface area contributed by atoms with Gasteiger partial charge in [-0.3, -0.25) is 4.98 Å². The molecular formula is C14H13F2NO2. The highest BCUT2D eigenvalue weighted by atomic mass is 19.3. The molecule has 0 aliphatic carbocycles. The van der Waals surface area contributed by atoms with E-state index in [0.717, 1.165) is 5.56 Å². The van der Waals surface area contributed by atoms with Crippen LogP contribution in [0.1, 0.15) is 17.2 Å². The van der Waals surface area contributed by atoms with Crippen LogP contribution in [-0.2, 0) is 6.42 Å². The van der Waals surface area contributed by atoms with Gasteiger partial charge in [0.05, 0.1) is 6.10 Å². The topological polar surface area (TPSA) is 42.4 Å². The van der Waals surface area contributed by atoms with Gasteiger partial charge in [0.1, 0.15) is 5.75 Å². The summed E-state index contributed by atoms with van der Waals surface area (Å²) in [5.74, 6) is -0.00566. The fourth-order valence-corrected chi connectivity index (χ4v) is 1.81. The summed E-state index contributed by atoms with van der Waals surface area (Å²) in [5, 5.41) is 10.1. The molecule has 0 radical (unpaired) electrons. The number of hydrogen-bond donors (Lipinski definition) is 1. The van der Waals surface area contributed by atoms with Crippen molar-refractivity contribution in [1.29, 1.82) is 0 Å². The first-order valence-corrected chi connectivity index (χ1v) is 5.77. The predicted molar refractivity (Wildman–Crippen MR) is 66.0 cm³/mol. The van der Waals surface area contributed by atoms with Gasteiger partial charge in [-0.2, -0.15) is 8.78 Å². The fourth-order valence-electron chi connectivity index (χ4n) is 1.81. The van der Waals surface area contributed by atoms with E-state index < -0.39 is 12.7 Å². The third kappa shape index (κ3) is 3.72. The van der Waals surface area contributed by atoms with Crippen molar-refractivity contribution in [2.45, 2.75) is 19.1 Å². The minimum absolute atomic E-state index is 0.00566. The third-order valence-electron chi connectivity index (χ3n) is 2.65. The minimum atomic E-state index is -2.91. The Kier molecular flexibility index (Phi) is 4.41. The maximum atomic E-state index is 12.3. The smallest absolute Gasteiger partial charge is 0.387 e. The lowest BCUT2D eigenvalue weighted by Crippen LogP contribution is -2.08. The lowest BCUT2D eigenvalue weighted by Gasteiger charge is -2.15. The summed E-state index contributed by atoms with van der Waals surface area (Å²) < 4.78 is 28.9. The maximum absolute atomic E-state index is 12.3. The zero-order valence-corrected chi connectivity index (χ0v) is 10.0. The average Bonchev–Trinajstić information content (AvgIpc) is 2.39. The van der Waals surface area contributed by atoms with Crippen LogP contribution < -0.4 is 4.74 Å². The lowest BCUT2D eigenvalue weighted by atomic mass is 10.0. The molecule has 0 aliphatic heterocycles. The van der Waals surface area contributed by atoms with Gasteiger partial charge in [0, 0.05) is 24.4 Å². The van der Waals surface area contributed by atoms with Crippen molar-refractivity contribution < 1.29 is 18.6 Å². The number of hydrogen-bond acceptors (Lipinski definition) is 3. The average molecular weight is 265 g/mol. The summed E-state index contributed by atoms with van der Waals surface area (Å²) in [6, 6.07) is 9.79. The number of aliphatic hydroxyl groups excluding tert-OH is 1. The van der Waals surface area contributed by atoms with E-state index in [9.17, 15) is 13.9 Å². The molecule has 0 fully saturated rings. The first-order chi connectivity index (χ1) is 9.16. The molecule has 2 rings (SSSR count). The number of pyridine rings is 1. The van der Waals surface area contributed by atoms with E-state index in [-0.39, 0.29) is 12.2 Å². The molecule has 0 amide bonds. The number of para-hydroxylation sites is 1. The number of rotatable bonds is 5. The summed E-state index contributed by atoms with van der Waals surface area (Å²) in [6.45, 7) is -2.91. The maximum Gasteiger partial charge on any atom is 0.387 e. The second-order valence-corrected chi connectivity index (χ2v) is 4.00. The SMILES string of the molecule is OC(Cc1cccnc1)c1ccccc1OC(F)F. The van der Waals surface area contributed by atoms with Gasteiger partial charge in [0.25, 0.3) is 0 Å². The highest BCUT2D eigenvalue weighted by Crippen LogP contribution is 2.28. The Hall–Kier alpha value is -2.01. The van der Waals surface area contributed by atoms with E-state index in [4.69, 9.17) is 0 Å². The van der Waals surface area contributed by atoms with Crippen LogP contribution in [-0.4, -0.2) is 16.7 Å². The van der Waals surface area contributed by atoms with E-state index in [1.807, 2.05) is 6.07 Å². The Morgan fingerprint density at radius 2 is 1.95 bits per heavy atom. The number of alkyl halides is 2. The van der Waals surface area contributed by atoms with Crippen molar-refractivity contribution >= 4 is 0 Å². The highest BCUT2D eigenvalue weighted by molar-refractivity contribution is 5.36. The Balaban J connectivity index is 2.16. The first kappa shape index (κ1) is 13.4. The normalized spacial score (nSPS) is 12.4. The molecule has 2 aromatic rings. The monoisotopic (exact) mass is 265 g/mol. The zero-order chi connectivity index (χ0) is 13.7. The van der Waals surface area contributed by atoms with E-state index in [1.165, 1.54) is 6.07 Å². The van der Waals surface area contributed by atoms with Gasteiger partial charge in [0.2, 0.25) is 0 Å². The highest BCUT2D eigenvalue weighted by Gasteiger charge is 2.16. The number of ether oxygens (including phenoxy) is 1. The molecular weight excluding hydrogens is 252 g/mol. The summed E-state index contributed by atoms with van der Waals surface area (Å²) in [6.07, 6.45) is 2.63. The van der Waals surface area contributed by atoms with Gasteiger partial charge in [-0.25, -0.2) is 0 Å². The van der Waals surface area contributed by atoms with E-state index >= 15 is 0 Å². The molecule has 0 saturated heterocycles. The molecule has 1 unspecified atom stereocenters. The van der Waals surface area contributed by atoms with Crippen LogP contribution in [0.25, 0.3) is 0 Å². The Morgan fingerprint density at radius 3 is 2.63 bits per heavy atom. The second kappa shape index (κ2) is 6.24. The van der Waals surface area contributed by atoms with Crippen LogP contribution in [0.5, 0.6) is 5.75 Å². The van der Waals surface area contributed by atoms with Crippen molar-refractivity contribution in [1.82, 2.24) is 4.98 Å². The summed E-state index contributed by atoms with van der Waals surface area (Å²) >= 11 is 0. The van der Waals surface area contributed by atoms with Crippen molar-refractivity contribution in [3.05, 3.63) is 59.9 Å². The molecule has 100 valence electrons. The fraction of sp³-hybridized carbons (Fsp3) is 0.214. The summed E-state index contributed by atoms with van der Waals surface area (Å²) in [7, 11) is 0. The van der Waals surface area contributed by atoms with Crippen LogP contribution in [0, 0.1) is 0 Å². The van der Waals surface area contributed by atoms with E-state index in [1.54, 1.807) is 36.7 Å². The molecule has 0 spiro atoms. The summed E-state index contributed by atoms with van der Waals surface area (Å²) in [5.41, 5.74) is 1.16. The van der Waals surface area contributed by atoms with Gasteiger partial charge in [-0.05, 0) is 17.7 Å². The van der Waals surface area contributed by atoms with Crippen molar-refractivity contribution in [3.8, 4) is 5.75 Å². The molecule has 0 bridgehead atoms. The van der Waals surface area contributed by atoms with Crippen molar-refractivity contribution in [2.24, 2.45) is 0 Å². The molecule has 0 saturated carbocycles. The Bertz CT molecular complexity index is 520. The summed E-state index contributed by atoms with van der Waals surface area (Å²) in [4.78, 5) is 3.94. The number of aromatic nitrogens is 1. The molecule has 0 aliphatic rings. The zero-order valence-electron chi connectivity index (χ0n) is 10.0. The Labute approximate surface area is 109 Å². The second-order valence-electron chi connectivity index (χ2n) is 4.00. The molecule has 3 nitrogen and oxygen atoms in total. The quantitative estimate of drug-likeness (QED) is 0.903. The number of halogens is 2. The van der Waals surface area contributed by atoms with Gasteiger partial charge >= 0.3 is 6.61 Å². The van der Waals surface area contributed by atoms with Gasteiger partial charge in [-0.1, -0.05) is 24.3 Å². The number of nitrogens with zero attached hydrogens (tertiary/aromatic N) is 1. The van der Waals surface area contributed by atoms with Crippen LogP contribution in [0.2, 0.25) is 0 Å². The molecule has 19 heavy (non-hydrogen) atoms. The molecule has 1 aromatic carbocycles. The van der Waals surface area contributed by atoms with E-state index in [0.29, 0.717) is 5.56 Å². The molecule has 1 N–H and O–H groups in total. The number of benzene rings is 1. The number of aliphatic hydroxyl groups is 1. The predicted octanol–water partition coefficient (Wildman–Crippen LogP) is 2.96. The van der Waals surface area contributed by atoms with Gasteiger partial charge in [0.15, 0.2) is 0 Å². The van der Waals surface area contributed by atoms with Gasteiger partial charge < -0.3 is 9.84 Å². The Morgan fingerprint density at radius 1 is 1.16 bits per heavy atom. The van der Waals surface area contributed by atoms with Crippen LogP contribution in [0.3, 0.4) is 0 Å². The van der Waals surface area contributed by atoms with Crippen LogP contribution in [0.15, 0.2) is 48.8 Å². The van der Waals surface area contributed by atoms with Crippen molar-refractivity contribution in [2.75, 3.05) is 0 Å². The lowest BCUT2D eigenvalue weighted by molar-refractivity contribution is -0.0515. The van der Waals surface area contributed by atoms with Gasteiger partial charge in [-0.15, -0.1) is 0 Å². The molecule has 5 heteroatoms. The molecule has 1 aromatic heterocycles.